The number of benzene rings is 1. The number of aryl methyl sites for hydroxylation is 1. The average molecular weight is 295 g/mol. The minimum atomic E-state index is -0.590. The van der Waals surface area contributed by atoms with E-state index in [-0.39, 0.29) is 18.0 Å². The summed E-state index contributed by atoms with van der Waals surface area (Å²) < 4.78 is 14.1. The summed E-state index contributed by atoms with van der Waals surface area (Å²) in [6.45, 7) is 3.75. The van der Waals surface area contributed by atoms with Crippen LogP contribution in [0.4, 0.5) is 10.1 Å². The lowest BCUT2D eigenvalue weighted by Gasteiger charge is -2.24. The molecular weight excluding hydrogens is 273 g/mol. The van der Waals surface area contributed by atoms with Gasteiger partial charge in [-0.25, -0.2) is 4.39 Å². The Labute approximate surface area is 124 Å². The molecule has 2 N–H and O–H groups in total. The van der Waals surface area contributed by atoms with Gasteiger partial charge in [0.1, 0.15) is 12.4 Å². The van der Waals surface area contributed by atoms with E-state index < -0.39 is 11.7 Å². The smallest absolute Gasteiger partial charge is 0.257 e. The summed E-state index contributed by atoms with van der Waals surface area (Å²) >= 11 is 0. The molecule has 2 amide bonds. The van der Waals surface area contributed by atoms with Crippen LogP contribution in [0.15, 0.2) is 12.1 Å². The van der Waals surface area contributed by atoms with Crippen molar-refractivity contribution in [1.29, 1.82) is 0 Å². The lowest BCUT2D eigenvalue weighted by atomic mass is 10.1. The van der Waals surface area contributed by atoms with Gasteiger partial charge in [0.25, 0.3) is 5.91 Å². The van der Waals surface area contributed by atoms with E-state index in [9.17, 15) is 14.0 Å². The first-order chi connectivity index (χ1) is 9.77. The SMILES string of the molecule is CCCN(CC(=O)N(C)C)C(=O)c1cc(N)cc(C)c1F. The minimum absolute atomic E-state index is 0.0764. The van der Waals surface area contributed by atoms with E-state index in [0.717, 1.165) is 0 Å². The molecule has 0 aliphatic heterocycles. The first kappa shape index (κ1) is 16.9. The van der Waals surface area contributed by atoms with Gasteiger partial charge in [0.05, 0.1) is 5.56 Å². The maximum Gasteiger partial charge on any atom is 0.257 e. The second-order valence-electron chi connectivity index (χ2n) is 5.21. The zero-order valence-corrected chi connectivity index (χ0v) is 12.9. The van der Waals surface area contributed by atoms with Gasteiger partial charge in [0, 0.05) is 26.3 Å². The molecule has 0 heterocycles. The van der Waals surface area contributed by atoms with Crippen LogP contribution >= 0.6 is 0 Å². The highest BCUT2D eigenvalue weighted by Gasteiger charge is 2.23. The van der Waals surface area contributed by atoms with Gasteiger partial charge in [-0.15, -0.1) is 0 Å². The van der Waals surface area contributed by atoms with Gasteiger partial charge in [-0.2, -0.15) is 0 Å². The molecule has 0 unspecified atom stereocenters. The molecule has 0 aliphatic rings. The van der Waals surface area contributed by atoms with E-state index in [2.05, 4.69) is 0 Å². The summed E-state index contributed by atoms with van der Waals surface area (Å²) in [7, 11) is 3.23. The third-order valence-electron chi connectivity index (χ3n) is 3.11. The number of carbonyl (C=O) groups excluding carboxylic acids is 2. The van der Waals surface area contributed by atoms with E-state index in [1.54, 1.807) is 21.0 Å². The Morgan fingerprint density at radius 1 is 1.29 bits per heavy atom. The average Bonchev–Trinajstić information content (AvgIpc) is 2.41. The van der Waals surface area contributed by atoms with Crippen molar-refractivity contribution in [3.8, 4) is 0 Å². The molecule has 0 spiro atoms. The first-order valence-corrected chi connectivity index (χ1v) is 6.83. The zero-order valence-electron chi connectivity index (χ0n) is 12.9. The Bertz CT molecular complexity index is 544. The van der Waals surface area contributed by atoms with Gasteiger partial charge >= 0.3 is 0 Å². The highest BCUT2D eigenvalue weighted by Crippen LogP contribution is 2.19. The van der Waals surface area contributed by atoms with Crippen LogP contribution in [0.2, 0.25) is 0 Å². The van der Waals surface area contributed by atoms with Crippen molar-refractivity contribution in [3.63, 3.8) is 0 Å². The van der Waals surface area contributed by atoms with Crippen molar-refractivity contribution in [2.75, 3.05) is 32.9 Å². The van der Waals surface area contributed by atoms with Gasteiger partial charge in [0.2, 0.25) is 5.91 Å². The van der Waals surface area contributed by atoms with Crippen molar-refractivity contribution in [1.82, 2.24) is 9.80 Å². The maximum absolute atomic E-state index is 14.1. The fraction of sp³-hybridized carbons (Fsp3) is 0.467. The zero-order chi connectivity index (χ0) is 16.2. The number of amides is 2. The van der Waals surface area contributed by atoms with E-state index in [0.29, 0.717) is 24.2 Å². The van der Waals surface area contributed by atoms with Crippen LogP contribution < -0.4 is 5.73 Å². The monoisotopic (exact) mass is 295 g/mol. The molecule has 0 saturated carbocycles. The van der Waals surface area contributed by atoms with Crippen LogP contribution in [-0.2, 0) is 4.79 Å². The molecule has 21 heavy (non-hydrogen) atoms. The first-order valence-electron chi connectivity index (χ1n) is 6.83. The molecule has 0 saturated heterocycles. The summed E-state index contributed by atoms with van der Waals surface area (Å²) in [5, 5.41) is 0. The molecule has 0 radical (unpaired) electrons. The molecule has 0 aromatic heterocycles. The van der Waals surface area contributed by atoms with Crippen LogP contribution in [0.5, 0.6) is 0 Å². The highest BCUT2D eigenvalue weighted by atomic mass is 19.1. The Balaban J connectivity index is 3.09. The molecule has 116 valence electrons. The van der Waals surface area contributed by atoms with Gasteiger partial charge in [-0.05, 0) is 31.0 Å². The molecule has 0 aliphatic carbocycles. The maximum atomic E-state index is 14.1. The Hall–Kier alpha value is -2.11. The van der Waals surface area contributed by atoms with Gasteiger partial charge in [0.15, 0.2) is 0 Å². The van der Waals surface area contributed by atoms with Crippen LogP contribution in [-0.4, -0.2) is 48.8 Å². The Kier molecular flexibility index (Phi) is 5.69. The highest BCUT2D eigenvalue weighted by molar-refractivity contribution is 5.97. The topological polar surface area (TPSA) is 66.6 Å². The van der Waals surface area contributed by atoms with E-state index >= 15 is 0 Å². The second kappa shape index (κ2) is 7.06. The van der Waals surface area contributed by atoms with Gasteiger partial charge in [-0.3, -0.25) is 9.59 Å². The number of rotatable bonds is 5. The van der Waals surface area contributed by atoms with Gasteiger partial charge in [-0.1, -0.05) is 6.92 Å². The van der Waals surface area contributed by atoms with Gasteiger partial charge < -0.3 is 15.5 Å². The summed E-state index contributed by atoms with van der Waals surface area (Å²) in [6, 6.07) is 2.79. The second-order valence-corrected chi connectivity index (χ2v) is 5.21. The number of carbonyl (C=O) groups is 2. The van der Waals surface area contributed by atoms with Crippen LogP contribution in [0.3, 0.4) is 0 Å². The third kappa shape index (κ3) is 4.18. The molecular formula is C15H22FN3O2. The summed E-state index contributed by atoms with van der Waals surface area (Å²) in [5.41, 5.74) is 6.23. The van der Waals surface area contributed by atoms with Crippen LogP contribution in [0.25, 0.3) is 0 Å². The quantitative estimate of drug-likeness (QED) is 0.840. The van der Waals surface area contributed by atoms with E-state index in [1.807, 2.05) is 6.92 Å². The molecule has 1 aromatic carbocycles. The number of halogens is 1. The molecule has 1 rings (SSSR count). The standard InChI is InChI=1S/C15H22FN3O2/c1-5-6-19(9-13(20)18(3)4)15(21)12-8-11(17)7-10(2)14(12)16/h7-8H,5-6,9,17H2,1-4H3. The van der Waals surface area contributed by atoms with Crippen LogP contribution in [0.1, 0.15) is 29.3 Å². The number of likely N-dealkylation sites (N-methyl/N-ethyl adjacent to an activating group) is 1. The number of nitrogen functional groups attached to an aromatic ring is 1. The number of hydrogen-bond donors (Lipinski definition) is 1. The van der Waals surface area contributed by atoms with E-state index in [1.165, 1.54) is 21.9 Å². The fourth-order valence-corrected chi connectivity index (χ4v) is 1.95. The largest absolute Gasteiger partial charge is 0.399 e. The molecule has 6 heteroatoms. The molecule has 0 bridgehead atoms. The van der Waals surface area contributed by atoms with Crippen LogP contribution in [0, 0.1) is 12.7 Å². The Morgan fingerprint density at radius 3 is 2.43 bits per heavy atom. The Morgan fingerprint density at radius 2 is 1.90 bits per heavy atom. The third-order valence-corrected chi connectivity index (χ3v) is 3.11. The van der Waals surface area contributed by atoms with E-state index in [4.69, 9.17) is 5.73 Å². The number of anilines is 1. The summed E-state index contributed by atoms with van der Waals surface area (Å²) in [5.74, 6) is -1.31. The predicted molar refractivity (Wildman–Crippen MR) is 80.4 cm³/mol. The lowest BCUT2D eigenvalue weighted by molar-refractivity contribution is -0.129. The number of nitrogens with two attached hydrogens (primary N) is 1. The van der Waals surface area contributed by atoms with Crippen molar-refractivity contribution in [2.45, 2.75) is 20.3 Å². The number of hydrogen-bond acceptors (Lipinski definition) is 3. The normalized spacial score (nSPS) is 10.3. The predicted octanol–water partition coefficient (Wildman–Crippen LogP) is 1.66. The molecule has 1 aromatic rings. The van der Waals surface area contributed by atoms with Crippen molar-refractivity contribution < 1.29 is 14.0 Å². The summed E-state index contributed by atoms with van der Waals surface area (Å²) in [6.07, 6.45) is 0.676. The molecule has 0 atom stereocenters. The van der Waals surface area contributed by atoms with Crippen molar-refractivity contribution >= 4 is 17.5 Å². The van der Waals surface area contributed by atoms with Crippen molar-refractivity contribution in [2.24, 2.45) is 0 Å². The lowest BCUT2D eigenvalue weighted by Crippen LogP contribution is -2.41. The molecule has 0 fully saturated rings. The van der Waals surface area contributed by atoms with Crippen molar-refractivity contribution in [3.05, 3.63) is 29.1 Å². The fourth-order valence-electron chi connectivity index (χ4n) is 1.95. The minimum Gasteiger partial charge on any atom is -0.399 e. The molecule has 5 nitrogen and oxygen atoms in total. The summed E-state index contributed by atoms with van der Waals surface area (Å²) in [4.78, 5) is 27.0. The number of nitrogens with zero attached hydrogens (tertiary/aromatic N) is 2.